The van der Waals surface area contributed by atoms with Gasteiger partial charge in [0.2, 0.25) is 41.4 Å². The molecule has 4 rings (SSSR count). The number of amides is 7. The zero-order valence-electron chi connectivity index (χ0n) is 51.2. The molecule has 1 fully saturated rings. The average Bonchev–Trinajstić information content (AvgIpc) is 3.67. The van der Waals surface area contributed by atoms with Crippen LogP contribution in [0.25, 0.3) is 11.4 Å². The van der Waals surface area contributed by atoms with E-state index in [9.17, 15) is 43.6 Å². The van der Waals surface area contributed by atoms with Gasteiger partial charge in [-0.2, -0.15) is 0 Å². The van der Waals surface area contributed by atoms with E-state index in [1.807, 2.05) is 45.9 Å². The molecule has 0 spiro atoms. The van der Waals surface area contributed by atoms with Gasteiger partial charge in [0.05, 0.1) is 67.4 Å². The Kier molecular flexibility index (Phi) is 35.1. The van der Waals surface area contributed by atoms with E-state index in [4.69, 9.17) is 19.7 Å². The first kappa shape index (κ1) is 76.9. The monoisotopic (exact) mass is 1310 g/mol. The van der Waals surface area contributed by atoms with E-state index >= 15 is 0 Å². The third kappa shape index (κ3) is 27.9. The number of carbonyl (C=O) groups is 7. The molecule has 2 aromatic carbocycles. The molecule has 7 amide bonds. The van der Waals surface area contributed by atoms with Crippen LogP contribution in [-0.2, 0) is 58.6 Å². The molecule has 4 atom stereocenters. The quantitative estimate of drug-likeness (QED) is 0.0177. The Morgan fingerprint density at radius 1 is 0.817 bits per heavy atom. The van der Waals surface area contributed by atoms with Gasteiger partial charge in [-0.25, -0.2) is 0 Å². The third-order valence-electron chi connectivity index (χ3n) is 12.6. The van der Waals surface area contributed by atoms with Crippen molar-refractivity contribution in [1.82, 2.24) is 31.5 Å². The molecule has 0 aromatic heterocycles. The number of nitrogens with two attached hydrogens (primary N) is 1. The van der Waals surface area contributed by atoms with Crippen LogP contribution in [0.2, 0.25) is 0 Å². The van der Waals surface area contributed by atoms with Crippen molar-refractivity contribution in [2.45, 2.75) is 157 Å². The van der Waals surface area contributed by atoms with Gasteiger partial charge in [-0.3, -0.25) is 38.5 Å². The molecule has 9 N–H and O–H groups in total. The van der Waals surface area contributed by atoms with E-state index in [1.165, 1.54) is 25.8 Å². The summed E-state index contributed by atoms with van der Waals surface area (Å²) in [7, 11) is -0.601. The van der Waals surface area contributed by atoms with Crippen molar-refractivity contribution in [2.75, 3.05) is 70.3 Å². The smallest absolute Gasteiger partial charge is 0.396 e. The first-order chi connectivity index (χ1) is 37.6. The van der Waals surface area contributed by atoms with Crippen LogP contribution in [0, 0.1) is 18.3 Å². The fourth-order valence-corrected chi connectivity index (χ4v) is 9.55. The number of benzene rings is 2. The van der Waals surface area contributed by atoms with Gasteiger partial charge in [0, 0.05) is 63.6 Å². The standard InChI is InChI=1S/C55H85N8O13PS.C2H6.CH3.Cs/c1-52(2,3)25-30-74-55(9,71)35-60-43(64)21-20-40(50(69)58-27-24-54(7,8)75-36-53(4,5)6)61-45(66)33-59-49-38-17-12-11-16-37(38)34-63(41-19-14-13-18-39(41)48(49)56)46(67)22-26-57-44(65)23-28-62-47(68)32-42(51(62)70)78-31-15-29-76-77(72)73-10;1-2;;/h11-14,16-19,40,42,59,71-72H,15,20-36,56H2,1-10H3,(H,57,65)(H,58,69)(H,60,64)(H,61,66);1-2H3;1H3;/q;;-1;+1/b49-48-;;;. The van der Waals surface area contributed by atoms with Gasteiger partial charge in [0.25, 0.3) is 0 Å². The molecule has 21 nitrogen and oxygen atoms in total. The second kappa shape index (κ2) is 37.4. The summed E-state index contributed by atoms with van der Waals surface area (Å²) >= 11 is 1.32. The maximum absolute atomic E-state index is 14.1. The van der Waals surface area contributed by atoms with Crippen LogP contribution in [0.3, 0.4) is 0 Å². The van der Waals surface area contributed by atoms with Crippen LogP contribution >= 0.6 is 20.4 Å². The van der Waals surface area contributed by atoms with Crippen LogP contribution in [0.4, 0.5) is 5.69 Å². The number of carbonyl (C=O) groups excluding carboxylic acids is 7. The number of para-hydroxylation sites is 1. The maximum Gasteiger partial charge on any atom is 1.00 e. The van der Waals surface area contributed by atoms with Crippen LogP contribution < -0.4 is 106 Å². The van der Waals surface area contributed by atoms with E-state index in [-0.39, 0.29) is 189 Å². The number of nitrogens with zero attached hydrogens (tertiary/aromatic N) is 2. The minimum atomic E-state index is -1.93. The number of hydrogen-bond acceptors (Lipinski definition) is 16. The fourth-order valence-electron chi connectivity index (χ4n) is 8.06. The molecule has 2 aliphatic rings. The molecular weight excluding hydrogens is 1210 g/mol. The molecular formula is C58H94CsN8O13PS. The summed E-state index contributed by atoms with van der Waals surface area (Å²) in [5.41, 5.74) is 9.30. The SMILES string of the molecule is CC.COP(O)OCCCSC1CC(=O)N(CCC(=O)NCCC(=O)N2Cc3ccccc3/C(NCC(=O)NC(CCC(=O)NCC(C)(O)OCCC(C)(C)C)C(=O)NCCC(C)(C)OCC(C)(C)C)=C(/N)c3ccccc32)C1=O.[CH3-].[Cs+]. The van der Waals surface area contributed by atoms with Crippen molar-refractivity contribution in [3.05, 3.63) is 72.6 Å². The van der Waals surface area contributed by atoms with Gasteiger partial charge in [-0.05, 0) is 74.7 Å². The van der Waals surface area contributed by atoms with Crippen LogP contribution in [0.15, 0.2) is 48.5 Å². The molecule has 0 saturated carbocycles. The second-order valence-corrected chi connectivity index (χ2v) is 25.0. The van der Waals surface area contributed by atoms with E-state index in [0.29, 0.717) is 66.3 Å². The molecule has 1 saturated heterocycles. The molecule has 0 bridgehead atoms. The van der Waals surface area contributed by atoms with Crippen molar-refractivity contribution in [2.24, 2.45) is 16.6 Å². The summed E-state index contributed by atoms with van der Waals surface area (Å²) < 4.78 is 21.6. The van der Waals surface area contributed by atoms with E-state index in [0.717, 1.165) is 4.90 Å². The molecule has 2 aromatic rings. The Morgan fingerprint density at radius 3 is 2.12 bits per heavy atom. The van der Waals surface area contributed by atoms with Crippen LogP contribution in [0.1, 0.15) is 144 Å². The Balaban J connectivity index is 0.00000831. The van der Waals surface area contributed by atoms with Gasteiger partial charge < -0.3 is 73.2 Å². The Labute approximate surface area is 552 Å². The number of hydrogen-bond donors (Lipinski definition) is 8. The van der Waals surface area contributed by atoms with Crippen LogP contribution in [-0.4, -0.2) is 144 Å². The molecule has 24 heteroatoms. The number of rotatable bonds is 31. The number of likely N-dealkylation sites (tertiary alicyclic amines) is 1. The summed E-state index contributed by atoms with van der Waals surface area (Å²) in [5.74, 6) is -4.07. The number of aliphatic hydroxyl groups is 1. The van der Waals surface area contributed by atoms with Crippen molar-refractivity contribution in [1.29, 1.82) is 0 Å². The number of imide groups is 1. The topological polar surface area (TPSA) is 290 Å². The number of anilines is 1. The Bertz CT molecular complexity index is 2420. The first-order valence-electron chi connectivity index (χ1n) is 27.5. The van der Waals surface area contributed by atoms with Gasteiger partial charge in [0.1, 0.15) is 6.04 Å². The third-order valence-corrected chi connectivity index (χ3v) is 14.6. The summed E-state index contributed by atoms with van der Waals surface area (Å²) in [5, 5.41) is 24.5. The van der Waals surface area contributed by atoms with Gasteiger partial charge >= 0.3 is 77.5 Å². The predicted molar refractivity (Wildman–Crippen MR) is 319 cm³/mol. The van der Waals surface area contributed by atoms with Crippen LogP contribution in [0.5, 0.6) is 0 Å². The maximum atomic E-state index is 14.1. The summed E-state index contributed by atoms with van der Waals surface area (Å²) in [6, 6.07) is 13.2. The molecule has 0 radical (unpaired) electrons. The zero-order chi connectivity index (χ0) is 59.8. The van der Waals surface area contributed by atoms with E-state index in [1.54, 1.807) is 35.2 Å². The second-order valence-electron chi connectivity index (χ2n) is 22.6. The molecule has 4 unspecified atom stereocenters. The summed E-state index contributed by atoms with van der Waals surface area (Å²) in [6.07, 6.45) is 1.31. The molecule has 2 heterocycles. The zero-order valence-corrected chi connectivity index (χ0v) is 59.2. The Hall–Kier alpha value is -3.14. The normalized spacial score (nSPS) is 16.7. The minimum Gasteiger partial charge on any atom is -0.396 e. The van der Waals surface area contributed by atoms with Gasteiger partial charge in [-0.1, -0.05) is 97.9 Å². The number of fused-ring (bicyclic) bond motifs is 2. The fraction of sp³-hybridized carbons (Fsp3) is 0.621. The number of thioether (sulfide) groups is 1. The summed E-state index contributed by atoms with van der Waals surface area (Å²) in [4.78, 5) is 106. The van der Waals surface area contributed by atoms with Crippen molar-refractivity contribution < 1.29 is 131 Å². The Morgan fingerprint density at radius 2 is 1.46 bits per heavy atom. The largest absolute Gasteiger partial charge is 1.00 e. The van der Waals surface area contributed by atoms with Gasteiger partial charge in [-0.15, -0.1) is 11.8 Å². The summed E-state index contributed by atoms with van der Waals surface area (Å²) in [6.45, 7) is 22.5. The molecule has 2 aliphatic heterocycles. The van der Waals surface area contributed by atoms with Crippen molar-refractivity contribution in [3.8, 4) is 0 Å². The molecule has 456 valence electrons. The number of nitrogens with one attached hydrogen (secondary N) is 5. The van der Waals surface area contributed by atoms with Crippen molar-refractivity contribution >= 4 is 78.8 Å². The van der Waals surface area contributed by atoms with E-state index < -0.39 is 54.9 Å². The molecule has 0 aliphatic carbocycles. The number of ether oxygens (including phenoxy) is 2. The predicted octanol–water partition coefficient (Wildman–Crippen LogP) is 3.31. The van der Waals surface area contributed by atoms with E-state index in [2.05, 4.69) is 72.7 Å². The van der Waals surface area contributed by atoms with Gasteiger partial charge in [0.15, 0.2) is 5.79 Å². The average molecular weight is 1310 g/mol. The minimum absolute atomic E-state index is 0. The van der Waals surface area contributed by atoms with Crippen molar-refractivity contribution in [3.63, 3.8) is 0 Å². The molecule has 82 heavy (non-hydrogen) atoms. The first-order valence-corrected chi connectivity index (χ1v) is 29.7.